The molecule has 1 atom stereocenters. The average molecular weight is 330 g/mol. The first kappa shape index (κ1) is 16.2. The van der Waals surface area contributed by atoms with Crippen LogP contribution in [0.1, 0.15) is 22.5 Å². The van der Waals surface area contributed by atoms with Gasteiger partial charge in [0.05, 0.1) is 19.1 Å². The zero-order valence-corrected chi connectivity index (χ0v) is 13.3. The van der Waals surface area contributed by atoms with Crippen molar-refractivity contribution in [3.05, 3.63) is 41.9 Å². The van der Waals surface area contributed by atoms with Crippen molar-refractivity contribution in [1.29, 1.82) is 0 Å². The summed E-state index contributed by atoms with van der Waals surface area (Å²) in [5, 5.41) is 8.88. The lowest BCUT2D eigenvalue weighted by Crippen LogP contribution is -2.46. The summed E-state index contributed by atoms with van der Waals surface area (Å²) >= 11 is 0. The number of carbonyl (C=O) groups excluding carboxylic acids is 1. The number of carbonyl (C=O) groups is 2. The van der Waals surface area contributed by atoms with E-state index >= 15 is 0 Å². The van der Waals surface area contributed by atoms with Crippen LogP contribution in [0.25, 0.3) is 11.3 Å². The van der Waals surface area contributed by atoms with Gasteiger partial charge in [0, 0.05) is 18.7 Å². The van der Waals surface area contributed by atoms with Gasteiger partial charge in [0.2, 0.25) is 0 Å². The highest BCUT2D eigenvalue weighted by Crippen LogP contribution is 2.25. The second-order valence-electron chi connectivity index (χ2n) is 5.74. The second-order valence-corrected chi connectivity index (χ2v) is 5.74. The molecule has 0 unspecified atom stereocenters. The summed E-state index contributed by atoms with van der Waals surface area (Å²) in [6, 6.07) is 7.62. The third kappa shape index (κ3) is 3.46. The van der Waals surface area contributed by atoms with Crippen LogP contribution >= 0.6 is 0 Å². The minimum absolute atomic E-state index is 0.132. The first-order valence-electron chi connectivity index (χ1n) is 7.68. The number of hydrogen-bond donors (Lipinski definition) is 1. The topological polar surface area (TPSA) is 92.9 Å². The molecule has 2 aromatic rings. The van der Waals surface area contributed by atoms with Crippen molar-refractivity contribution >= 4 is 11.9 Å². The summed E-state index contributed by atoms with van der Waals surface area (Å²) in [5.41, 5.74) is 2.11. The predicted molar refractivity (Wildman–Crippen MR) is 84.6 cm³/mol. The maximum atomic E-state index is 12.8. The molecule has 1 amide bonds. The monoisotopic (exact) mass is 330 g/mol. The maximum absolute atomic E-state index is 12.8. The zero-order chi connectivity index (χ0) is 17.1. The van der Waals surface area contributed by atoms with E-state index in [1.54, 1.807) is 4.90 Å². The highest BCUT2D eigenvalue weighted by molar-refractivity contribution is 5.97. The Bertz CT molecular complexity index is 738. The molecule has 1 aromatic carbocycles. The van der Waals surface area contributed by atoms with Crippen molar-refractivity contribution < 1.29 is 23.8 Å². The molecule has 24 heavy (non-hydrogen) atoms. The number of ether oxygens (including phenoxy) is 1. The molecule has 7 heteroatoms. The molecule has 0 bridgehead atoms. The fourth-order valence-corrected chi connectivity index (χ4v) is 2.68. The van der Waals surface area contributed by atoms with E-state index in [0.29, 0.717) is 18.9 Å². The van der Waals surface area contributed by atoms with Gasteiger partial charge >= 0.3 is 5.97 Å². The van der Waals surface area contributed by atoms with E-state index in [2.05, 4.69) is 4.98 Å². The zero-order valence-electron chi connectivity index (χ0n) is 13.3. The molecular weight excluding hydrogens is 312 g/mol. The van der Waals surface area contributed by atoms with E-state index < -0.39 is 12.1 Å². The van der Waals surface area contributed by atoms with E-state index in [1.165, 1.54) is 6.39 Å². The third-order valence-corrected chi connectivity index (χ3v) is 3.91. The Balaban J connectivity index is 1.79. The number of amides is 1. The Morgan fingerprint density at radius 2 is 2.08 bits per heavy atom. The van der Waals surface area contributed by atoms with E-state index in [0.717, 1.165) is 11.1 Å². The van der Waals surface area contributed by atoms with Crippen molar-refractivity contribution in [3.8, 4) is 11.3 Å². The number of rotatable bonds is 4. The molecule has 1 aliphatic heterocycles. The summed E-state index contributed by atoms with van der Waals surface area (Å²) < 4.78 is 10.8. The molecule has 0 aliphatic carbocycles. The molecule has 3 rings (SSSR count). The van der Waals surface area contributed by atoms with E-state index in [-0.39, 0.29) is 24.6 Å². The smallest absolute Gasteiger partial charge is 0.306 e. The van der Waals surface area contributed by atoms with Crippen LogP contribution in [0.5, 0.6) is 0 Å². The van der Waals surface area contributed by atoms with Crippen LogP contribution in [-0.4, -0.2) is 52.7 Å². The fourth-order valence-electron chi connectivity index (χ4n) is 2.68. The Hall–Kier alpha value is -2.67. The average Bonchev–Trinajstić information content (AvgIpc) is 3.04. The van der Waals surface area contributed by atoms with Gasteiger partial charge in [0.15, 0.2) is 17.8 Å². The van der Waals surface area contributed by atoms with Crippen molar-refractivity contribution in [2.45, 2.75) is 19.4 Å². The van der Waals surface area contributed by atoms with Crippen LogP contribution in [0.2, 0.25) is 0 Å². The van der Waals surface area contributed by atoms with Crippen LogP contribution < -0.4 is 0 Å². The Labute approximate surface area is 138 Å². The van der Waals surface area contributed by atoms with Crippen LogP contribution in [0.4, 0.5) is 0 Å². The molecule has 0 saturated carbocycles. The summed E-state index contributed by atoms with van der Waals surface area (Å²) in [5.74, 6) is -0.810. The molecular formula is C17H18N2O5. The standard InChI is InChI=1S/C17H18N2O5/c1-11-2-4-12(5-3-11)16-15(18-10-24-16)17(22)19-6-7-23-13(9-19)8-14(20)21/h2-5,10,13H,6-9H2,1H3,(H,20,21)/t13-/m1/s1. The second kappa shape index (κ2) is 6.84. The lowest BCUT2D eigenvalue weighted by Gasteiger charge is -2.31. The van der Waals surface area contributed by atoms with E-state index in [9.17, 15) is 9.59 Å². The third-order valence-electron chi connectivity index (χ3n) is 3.91. The Morgan fingerprint density at radius 3 is 2.79 bits per heavy atom. The molecule has 1 aliphatic rings. The number of hydrogen-bond acceptors (Lipinski definition) is 5. The van der Waals surface area contributed by atoms with E-state index in [4.69, 9.17) is 14.3 Å². The van der Waals surface area contributed by atoms with Crippen LogP contribution in [0.3, 0.4) is 0 Å². The lowest BCUT2D eigenvalue weighted by molar-refractivity contribution is -0.141. The number of carboxylic acid groups (broad SMARTS) is 1. The van der Waals surface area contributed by atoms with Crippen molar-refractivity contribution in [1.82, 2.24) is 9.88 Å². The minimum atomic E-state index is -0.948. The van der Waals surface area contributed by atoms with Crippen LogP contribution in [-0.2, 0) is 9.53 Å². The molecule has 1 saturated heterocycles. The summed E-state index contributed by atoms with van der Waals surface area (Å²) in [6.07, 6.45) is 0.611. The molecule has 1 aromatic heterocycles. The number of morpholine rings is 1. The Morgan fingerprint density at radius 1 is 1.33 bits per heavy atom. The first-order chi connectivity index (χ1) is 11.5. The highest BCUT2D eigenvalue weighted by Gasteiger charge is 2.29. The van der Waals surface area contributed by atoms with E-state index in [1.807, 2.05) is 31.2 Å². The van der Waals surface area contributed by atoms with Gasteiger partial charge in [-0.15, -0.1) is 0 Å². The molecule has 126 valence electrons. The molecule has 0 radical (unpaired) electrons. The molecule has 2 heterocycles. The number of aryl methyl sites for hydroxylation is 1. The number of nitrogens with zero attached hydrogens (tertiary/aromatic N) is 2. The SMILES string of the molecule is Cc1ccc(-c2ocnc2C(=O)N2CCO[C@H](CC(=O)O)C2)cc1. The number of benzene rings is 1. The molecule has 7 nitrogen and oxygen atoms in total. The lowest BCUT2D eigenvalue weighted by atomic mass is 10.1. The predicted octanol–water partition coefficient (Wildman–Crippen LogP) is 1.97. The number of oxazole rings is 1. The molecule has 1 N–H and O–H groups in total. The van der Waals surface area contributed by atoms with Gasteiger partial charge in [-0.3, -0.25) is 9.59 Å². The van der Waals surface area contributed by atoms with Gasteiger partial charge in [-0.1, -0.05) is 29.8 Å². The number of aliphatic carboxylic acids is 1. The Kier molecular flexibility index (Phi) is 4.61. The van der Waals surface area contributed by atoms with Gasteiger partial charge in [-0.2, -0.15) is 0 Å². The van der Waals surface area contributed by atoms with Gasteiger partial charge in [0.25, 0.3) is 5.91 Å². The van der Waals surface area contributed by atoms with Crippen molar-refractivity contribution in [3.63, 3.8) is 0 Å². The van der Waals surface area contributed by atoms with Gasteiger partial charge in [-0.25, -0.2) is 4.98 Å². The largest absolute Gasteiger partial charge is 0.481 e. The fraction of sp³-hybridized carbons (Fsp3) is 0.353. The molecule has 1 fully saturated rings. The number of carboxylic acids is 1. The van der Waals surface area contributed by atoms with Crippen molar-refractivity contribution in [2.75, 3.05) is 19.7 Å². The van der Waals surface area contributed by atoms with Gasteiger partial charge in [0.1, 0.15) is 0 Å². The quantitative estimate of drug-likeness (QED) is 0.921. The normalized spacial score (nSPS) is 17.7. The summed E-state index contributed by atoms with van der Waals surface area (Å²) in [6.45, 7) is 2.91. The van der Waals surface area contributed by atoms with Crippen LogP contribution in [0.15, 0.2) is 35.1 Å². The van der Waals surface area contributed by atoms with Crippen LogP contribution in [0, 0.1) is 6.92 Å². The minimum Gasteiger partial charge on any atom is -0.481 e. The van der Waals surface area contributed by atoms with Gasteiger partial charge in [-0.05, 0) is 6.92 Å². The molecule has 0 spiro atoms. The van der Waals surface area contributed by atoms with Crippen molar-refractivity contribution in [2.24, 2.45) is 0 Å². The summed E-state index contributed by atoms with van der Waals surface area (Å²) in [7, 11) is 0. The van der Waals surface area contributed by atoms with Gasteiger partial charge < -0.3 is 19.2 Å². The maximum Gasteiger partial charge on any atom is 0.306 e. The number of aromatic nitrogens is 1. The highest BCUT2D eigenvalue weighted by atomic mass is 16.5. The first-order valence-corrected chi connectivity index (χ1v) is 7.68. The summed E-state index contributed by atoms with van der Waals surface area (Å²) in [4.78, 5) is 29.2.